The highest BCUT2D eigenvalue weighted by Crippen LogP contribution is 2.04. The Bertz CT molecular complexity index is 134. The Morgan fingerprint density at radius 1 is 1.00 bits per heavy atom. The van der Waals surface area contributed by atoms with Crippen LogP contribution >= 0.6 is 0 Å². The van der Waals surface area contributed by atoms with Crippen molar-refractivity contribution >= 4 is 0 Å². The van der Waals surface area contributed by atoms with Crippen molar-refractivity contribution in [1.29, 1.82) is 0 Å². The minimum atomic E-state index is -1.55. The summed E-state index contributed by atoms with van der Waals surface area (Å²) < 4.78 is 0. The number of hydrogen-bond donors (Lipinski definition) is 6. The fraction of sp³-hybridized carbons (Fsp3) is 1.00. The zero-order valence-electron chi connectivity index (χ0n) is 7.46. The van der Waals surface area contributed by atoms with Crippen LogP contribution in [0.25, 0.3) is 0 Å². The smallest absolute Gasteiger partial charge is 0.111 e. The number of hydrogen-bond acceptors (Lipinski definition) is 6. The monoisotopic (exact) mass is 195 g/mol. The van der Waals surface area contributed by atoms with Gasteiger partial charge in [0.25, 0.3) is 0 Å². The SMILES string of the molecule is CNC[C@H](O)C(O)C(O)C(O)CO. The van der Waals surface area contributed by atoms with Crippen LogP contribution in [-0.4, -0.2) is 70.1 Å². The van der Waals surface area contributed by atoms with Crippen LogP contribution < -0.4 is 5.32 Å². The molecule has 0 radical (unpaired) electrons. The Hall–Kier alpha value is -0.240. The first-order valence-electron chi connectivity index (χ1n) is 4.02. The lowest BCUT2D eigenvalue weighted by Crippen LogP contribution is -2.48. The predicted molar refractivity (Wildman–Crippen MR) is 45.0 cm³/mol. The lowest BCUT2D eigenvalue weighted by molar-refractivity contribution is -0.113. The Kier molecular flexibility index (Phi) is 6.13. The van der Waals surface area contributed by atoms with Gasteiger partial charge in [-0.25, -0.2) is 0 Å². The lowest BCUT2D eigenvalue weighted by Gasteiger charge is -2.25. The summed E-state index contributed by atoms with van der Waals surface area (Å²) in [5.74, 6) is 0. The van der Waals surface area contributed by atoms with E-state index in [0.717, 1.165) is 0 Å². The molecule has 0 rings (SSSR count). The summed E-state index contributed by atoms with van der Waals surface area (Å²) in [5.41, 5.74) is 0. The molecule has 0 fully saturated rings. The van der Waals surface area contributed by atoms with Gasteiger partial charge in [0.05, 0.1) is 12.7 Å². The third-order valence-corrected chi connectivity index (χ3v) is 1.74. The minimum Gasteiger partial charge on any atom is -0.394 e. The number of aliphatic hydroxyl groups excluding tert-OH is 5. The van der Waals surface area contributed by atoms with E-state index in [1.54, 1.807) is 7.05 Å². The van der Waals surface area contributed by atoms with E-state index < -0.39 is 31.0 Å². The summed E-state index contributed by atoms with van der Waals surface area (Å²) in [7, 11) is 1.57. The molecule has 0 aliphatic rings. The first kappa shape index (κ1) is 12.8. The van der Waals surface area contributed by atoms with Crippen molar-refractivity contribution in [3.63, 3.8) is 0 Å². The van der Waals surface area contributed by atoms with Crippen LogP contribution in [0.1, 0.15) is 0 Å². The third-order valence-electron chi connectivity index (χ3n) is 1.74. The van der Waals surface area contributed by atoms with Crippen molar-refractivity contribution in [2.24, 2.45) is 0 Å². The first-order chi connectivity index (χ1) is 6.04. The van der Waals surface area contributed by atoms with E-state index in [-0.39, 0.29) is 6.54 Å². The van der Waals surface area contributed by atoms with Crippen molar-refractivity contribution < 1.29 is 25.5 Å². The summed E-state index contributed by atoms with van der Waals surface area (Å²) in [5, 5.41) is 47.5. The maximum Gasteiger partial charge on any atom is 0.111 e. The van der Waals surface area contributed by atoms with Gasteiger partial charge in [0.15, 0.2) is 0 Å². The van der Waals surface area contributed by atoms with Gasteiger partial charge in [0.2, 0.25) is 0 Å². The molecule has 0 aliphatic carbocycles. The van der Waals surface area contributed by atoms with Crippen LogP contribution in [0.3, 0.4) is 0 Å². The molecular formula is C7H17NO5. The fourth-order valence-electron chi connectivity index (χ4n) is 0.893. The summed E-state index contributed by atoms with van der Waals surface area (Å²) in [6, 6.07) is 0. The second kappa shape index (κ2) is 6.25. The van der Waals surface area contributed by atoms with Crippen LogP contribution in [0.4, 0.5) is 0 Å². The van der Waals surface area contributed by atoms with E-state index >= 15 is 0 Å². The zero-order chi connectivity index (χ0) is 10.4. The molecule has 13 heavy (non-hydrogen) atoms. The maximum absolute atomic E-state index is 9.21. The molecule has 0 aliphatic heterocycles. The topological polar surface area (TPSA) is 113 Å². The van der Waals surface area contributed by atoms with Gasteiger partial charge in [0.1, 0.15) is 18.3 Å². The third kappa shape index (κ3) is 3.99. The van der Waals surface area contributed by atoms with Crippen molar-refractivity contribution in [1.82, 2.24) is 5.32 Å². The van der Waals surface area contributed by atoms with Gasteiger partial charge in [-0.1, -0.05) is 0 Å². The minimum absolute atomic E-state index is 0.0936. The molecule has 6 heteroatoms. The fourth-order valence-corrected chi connectivity index (χ4v) is 0.893. The largest absolute Gasteiger partial charge is 0.394 e. The van der Waals surface area contributed by atoms with E-state index in [0.29, 0.717) is 0 Å². The van der Waals surface area contributed by atoms with Gasteiger partial charge in [-0.15, -0.1) is 0 Å². The average Bonchev–Trinajstić information content (AvgIpc) is 2.14. The van der Waals surface area contributed by atoms with E-state index in [1.165, 1.54) is 0 Å². The average molecular weight is 195 g/mol. The standard InChI is InChI=1S/C7H17NO5/c1-8-2-4(10)6(12)7(13)5(11)3-9/h4-13H,2-3H2,1H3/t4-,5?,6?,7?/m0/s1. The molecule has 0 aromatic rings. The summed E-state index contributed by atoms with van der Waals surface area (Å²) in [4.78, 5) is 0. The highest BCUT2D eigenvalue weighted by molar-refractivity contribution is 4.81. The molecule has 4 atom stereocenters. The number of nitrogens with one attached hydrogen (secondary N) is 1. The Morgan fingerprint density at radius 2 is 1.46 bits per heavy atom. The lowest BCUT2D eigenvalue weighted by atomic mass is 10.0. The van der Waals surface area contributed by atoms with E-state index in [4.69, 9.17) is 20.4 Å². The van der Waals surface area contributed by atoms with E-state index in [1.807, 2.05) is 0 Å². The number of likely N-dealkylation sites (N-methyl/N-ethyl adjacent to an activating group) is 1. The Balaban J connectivity index is 3.99. The van der Waals surface area contributed by atoms with Crippen LogP contribution in [0.5, 0.6) is 0 Å². The molecule has 0 saturated heterocycles. The van der Waals surface area contributed by atoms with Gasteiger partial charge in [-0.3, -0.25) is 0 Å². The van der Waals surface area contributed by atoms with E-state index in [2.05, 4.69) is 5.32 Å². The molecule has 0 spiro atoms. The summed E-state index contributed by atoms with van der Waals surface area (Å²) >= 11 is 0. The van der Waals surface area contributed by atoms with Gasteiger partial charge in [-0.2, -0.15) is 0 Å². The van der Waals surface area contributed by atoms with Crippen molar-refractivity contribution in [2.75, 3.05) is 20.2 Å². The summed E-state index contributed by atoms with van der Waals surface area (Å²) in [6.45, 7) is -0.569. The molecule has 80 valence electrons. The Morgan fingerprint density at radius 3 is 1.85 bits per heavy atom. The van der Waals surface area contributed by atoms with Crippen LogP contribution in [0.2, 0.25) is 0 Å². The molecule has 3 unspecified atom stereocenters. The van der Waals surface area contributed by atoms with Crippen LogP contribution in [0, 0.1) is 0 Å². The van der Waals surface area contributed by atoms with Gasteiger partial charge >= 0.3 is 0 Å². The van der Waals surface area contributed by atoms with Crippen LogP contribution in [-0.2, 0) is 0 Å². The van der Waals surface area contributed by atoms with Gasteiger partial charge in [0, 0.05) is 6.54 Å². The predicted octanol–water partition coefficient (Wildman–Crippen LogP) is -3.36. The molecule has 0 heterocycles. The van der Waals surface area contributed by atoms with E-state index in [9.17, 15) is 5.11 Å². The normalized spacial score (nSPS) is 20.8. The van der Waals surface area contributed by atoms with Gasteiger partial charge in [-0.05, 0) is 7.05 Å². The second-order valence-corrected chi connectivity index (χ2v) is 2.86. The van der Waals surface area contributed by atoms with Crippen molar-refractivity contribution in [3.8, 4) is 0 Å². The van der Waals surface area contributed by atoms with Crippen molar-refractivity contribution in [2.45, 2.75) is 24.4 Å². The zero-order valence-corrected chi connectivity index (χ0v) is 7.46. The van der Waals surface area contributed by atoms with Crippen LogP contribution in [0.15, 0.2) is 0 Å². The maximum atomic E-state index is 9.21. The highest BCUT2D eigenvalue weighted by Gasteiger charge is 2.29. The quantitative estimate of drug-likeness (QED) is 0.264. The molecule has 0 bridgehead atoms. The molecule has 0 aromatic carbocycles. The molecule has 0 amide bonds. The molecule has 6 nitrogen and oxygen atoms in total. The molecule has 0 aromatic heterocycles. The number of rotatable bonds is 6. The second-order valence-electron chi connectivity index (χ2n) is 2.86. The number of aliphatic hydroxyl groups is 5. The van der Waals surface area contributed by atoms with Crippen molar-refractivity contribution in [3.05, 3.63) is 0 Å². The molecule has 0 saturated carbocycles. The summed E-state index contributed by atoms with van der Waals surface area (Å²) in [6.07, 6.45) is -5.65. The molecular weight excluding hydrogens is 178 g/mol. The van der Waals surface area contributed by atoms with Gasteiger partial charge < -0.3 is 30.8 Å². The molecule has 6 N–H and O–H groups in total. The first-order valence-corrected chi connectivity index (χ1v) is 4.02. The highest BCUT2D eigenvalue weighted by atomic mass is 16.4. The Labute approximate surface area is 76.4 Å².